The van der Waals surface area contributed by atoms with Crippen molar-refractivity contribution in [1.29, 1.82) is 0 Å². The topological polar surface area (TPSA) is 83.8 Å². The number of ether oxygens (including phenoxy) is 1. The van der Waals surface area contributed by atoms with Crippen LogP contribution in [0.15, 0.2) is 48.6 Å². The molecule has 0 aliphatic carbocycles. The van der Waals surface area contributed by atoms with Crippen molar-refractivity contribution in [3.8, 4) is 17.2 Å². The number of ketones is 2. The maximum atomic E-state index is 11.9. The van der Waals surface area contributed by atoms with Crippen LogP contribution in [0, 0.1) is 6.92 Å². The Balaban J connectivity index is 1.95. The van der Waals surface area contributed by atoms with E-state index in [-0.39, 0.29) is 29.5 Å². The molecular formula is C21H20O5. The Labute approximate surface area is 151 Å². The van der Waals surface area contributed by atoms with Crippen molar-refractivity contribution < 1.29 is 24.5 Å². The predicted octanol–water partition coefficient (Wildman–Crippen LogP) is 3.67. The van der Waals surface area contributed by atoms with E-state index in [0.29, 0.717) is 16.9 Å². The second-order valence-corrected chi connectivity index (χ2v) is 5.75. The molecule has 134 valence electrons. The van der Waals surface area contributed by atoms with Gasteiger partial charge in [0.1, 0.15) is 5.75 Å². The molecule has 2 aromatic rings. The van der Waals surface area contributed by atoms with Gasteiger partial charge in [0.15, 0.2) is 23.1 Å². The lowest BCUT2D eigenvalue weighted by Gasteiger charge is -2.03. The summed E-state index contributed by atoms with van der Waals surface area (Å²) in [6.07, 6.45) is 5.60. The van der Waals surface area contributed by atoms with Gasteiger partial charge in [-0.15, -0.1) is 0 Å². The van der Waals surface area contributed by atoms with Gasteiger partial charge >= 0.3 is 0 Å². The average molecular weight is 352 g/mol. The lowest BCUT2D eigenvalue weighted by Crippen LogP contribution is -2.01. The number of methoxy groups -OCH3 is 1. The van der Waals surface area contributed by atoms with Gasteiger partial charge in [-0.05, 0) is 60.0 Å². The number of aryl methyl sites for hydroxylation is 1. The van der Waals surface area contributed by atoms with E-state index < -0.39 is 0 Å². The summed E-state index contributed by atoms with van der Waals surface area (Å²) in [6, 6.07) is 9.69. The smallest absolute Gasteiger partial charge is 0.163 e. The molecule has 0 unspecified atom stereocenters. The molecule has 0 bridgehead atoms. The predicted molar refractivity (Wildman–Crippen MR) is 100 cm³/mol. The summed E-state index contributed by atoms with van der Waals surface area (Å²) < 4.78 is 5.00. The number of hydrogen-bond acceptors (Lipinski definition) is 5. The first-order valence-electron chi connectivity index (χ1n) is 7.97. The van der Waals surface area contributed by atoms with Crippen LogP contribution in [0.3, 0.4) is 0 Å². The van der Waals surface area contributed by atoms with Crippen LogP contribution in [0.1, 0.15) is 23.1 Å². The molecule has 0 saturated heterocycles. The highest BCUT2D eigenvalue weighted by atomic mass is 16.5. The molecule has 0 aliphatic heterocycles. The van der Waals surface area contributed by atoms with Crippen molar-refractivity contribution in [2.24, 2.45) is 0 Å². The van der Waals surface area contributed by atoms with Gasteiger partial charge in [-0.25, -0.2) is 0 Å². The molecule has 5 nitrogen and oxygen atoms in total. The van der Waals surface area contributed by atoms with E-state index in [2.05, 4.69) is 0 Å². The average Bonchev–Trinajstić information content (AvgIpc) is 2.62. The molecule has 0 atom stereocenters. The van der Waals surface area contributed by atoms with E-state index in [9.17, 15) is 19.8 Å². The van der Waals surface area contributed by atoms with Crippen molar-refractivity contribution in [2.75, 3.05) is 7.11 Å². The van der Waals surface area contributed by atoms with Crippen LogP contribution < -0.4 is 4.74 Å². The van der Waals surface area contributed by atoms with Gasteiger partial charge in [0.2, 0.25) is 0 Å². The third-order valence-corrected chi connectivity index (χ3v) is 3.70. The number of rotatable bonds is 7. The van der Waals surface area contributed by atoms with Crippen molar-refractivity contribution in [1.82, 2.24) is 0 Å². The summed E-state index contributed by atoms with van der Waals surface area (Å²) in [5.41, 5.74) is 2.16. The molecule has 0 amide bonds. The summed E-state index contributed by atoms with van der Waals surface area (Å²) in [5.74, 6) is -0.120. The van der Waals surface area contributed by atoms with Crippen LogP contribution in [0.5, 0.6) is 17.2 Å². The van der Waals surface area contributed by atoms with Crippen LogP contribution in [0.2, 0.25) is 0 Å². The molecule has 0 aliphatic rings. The van der Waals surface area contributed by atoms with Gasteiger partial charge in [-0.1, -0.05) is 24.3 Å². The zero-order valence-electron chi connectivity index (χ0n) is 14.6. The molecule has 5 heteroatoms. The fourth-order valence-corrected chi connectivity index (χ4v) is 2.25. The molecule has 0 radical (unpaired) electrons. The van der Waals surface area contributed by atoms with E-state index in [1.54, 1.807) is 49.4 Å². The maximum absolute atomic E-state index is 11.9. The molecule has 0 fully saturated rings. The van der Waals surface area contributed by atoms with Crippen LogP contribution >= 0.6 is 0 Å². The number of allylic oxidation sites excluding steroid dienone is 2. The number of phenolic OH excluding ortho intramolecular Hbond substituents is 2. The fourth-order valence-electron chi connectivity index (χ4n) is 2.25. The first-order chi connectivity index (χ1) is 12.4. The molecule has 0 saturated carbocycles. The summed E-state index contributed by atoms with van der Waals surface area (Å²) in [6.45, 7) is 1.77. The fraction of sp³-hybridized carbons (Fsp3) is 0.143. The Hall–Kier alpha value is -3.34. The summed E-state index contributed by atoms with van der Waals surface area (Å²) in [5, 5.41) is 19.0. The van der Waals surface area contributed by atoms with E-state index in [1.165, 1.54) is 25.3 Å². The molecular weight excluding hydrogens is 332 g/mol. The van der Waals surface area contributed by atoms with Gasteiger partial charge in [-0.2, -0.15) is 0 Å². The number of carbonyl (C=O) groups excluding carboxylic acids is 2. The molecule has 0 aromatic heterocycles. The van der Waals surface area contributed by atoms with Crippen molar-refractivity contribution in [3.63, 3.8) is 0 Å². The number of benzene rings is 2. The first-order valence-corrected chi connectivity index (χ1v) is 7.97. The molecule has 2 aromatic carbocycles. The van der Waals surface area contributed by atoms with Crippen molar-refractivity contribution >= 4 is 23.7 Å². The Bertz CT molecular complexity index is 878. The first kappa shape index (κ1) is 19.0. The molecule has 2 N–H and O–H groups in total. The highest BCUT2D eigenvalue weighted by Gasteiger charge is 2.05. The van der Waals surface area contributed by atoms with Crippen LogP contribution in [-0.4, -0.2) is 28.9 Å². The minimum absolute atomic E-state index is 0.0146. The Morgan fingerprint density at radius 2 is 1.46 bits per heavy atom. The second-order valence-electron chi connectivity index (χ2n) is 5.75. The Morgan fingerprint density at radius 3 is 2.00 bits per heavy atom. The van der Waals surface area contributed by atoms with Crippen molar-refractivity contribution in [3.05, 3.63) is 65.2 Å². The summed E-state index contributed by atoms with van der Waals surface area (Å²) in [4.78, 5) is 23.8. The van der Waals surface area contributed by atoms with E-state index in [0.717, 1.165) is 5.56 Å². The number of aromatic hydroxyl groups is 2. The zero-order valence-corrected chi connectivity index (χ0v) is 14.6. The van der Waals surface area contributed by atoms with E-state index in [1.807, 2.05) is 0 Å². The van der Waals surface area contributed by atoms with Gasteiger partial charge in [0.05, 0.1) is 13.5 Å². The van der Waals surface area contributed by atoms with Crippen LogP contribution in [0.25, 0.3) is 12.2 Å². The monoisotopic (exact) mass is 352 g/mol. The maximum Gasteiger partial charge on any atom is 0.163 e. The largest absolute Gasteiger partial charge is 0.508 e. The van der Waals surface area contributed by atoms with Gasteiger partial charge in [-0.3, -0.25) is 9.59 Å². The molecule has 0 heterocycles. The minimum Gasteiger partial charge on any atom is -0.508 e. The Morgan fingerprint density at radius 1 is 0.923 bits per heavy atom. The lowest BCUT2D eigenvalue weighted by molar-refractivity contribution is -0.121. The standard InChI is InChI=1S/C21H20O5/c1-14-11-15(5-9-19(14)24)3-7-17(22)13-18(23)8-4-16-6-10-20(25)21(12-16)26-2/h3-12,24-25H,13H2,1-2H3. The lowest BCUT2D eigenvalue weighted by atomic mass is 10.1. The Kier molecular flexibility index (Phi) is 6.33. The van der Waals surface area contributed by atoms with Gasteiger partial charge in [0, 0.05) is 0 Å². The highest BCUT2D eigenvalue weighted by molar-refractivity contribution is 6.10. The normalized spacial score (nSPS) is 11.2. The summed E-state index contributed by atoms with van der Waals surface area (Å²) >= 11 is 0. The second kappa shape index (κ2) is 8.67. The molecule has 2 rings (SSSR count). The van der Waals surface area contributed by atoms with Gasteiger partial charge in [0.25, 0.3) is 0 Å². The minimum atomic E-state index is -0.325. The number of hydrogen-bond donors (Lipinski definition) is 2. The van der Waals surface area contributed by atoms with Crippen molar-refractivity contribution in [2.45, 2.75) is 13.3 Å². The zero-order chi connectivity index (χ0) is 19.1. The highest BCUT2D eigenvalue weighted by Crippen LogP contribution is 2.26. The SMILES string of the molecule is COc1cc(C=CC(=O)CC(=O)C=Cc2ccc(O)c(C)c2)ccc1O. The van der Waals surface area contributed by atoms with Gasteiger partial charge < -0.3 is 14.9 Å². The van der Waals surface area contributed by atoms with E-state index >= 15 is 0 Å². The third kappa shape index (κ3) is 5.34. The summed E-state index contributed by atoms with van der Waals surface area (Å²) in [7, 11) is 1.44. The number of carbonyl (C=O) groups is 2. The third-order valence-electron chi connectivity index (χ3n) is 3.70. The number of phenols is 2. The van der Waals surface area contributed by atoms with Crippen LogP contribution in [-0.2, 0) is 9.59 Å². The van der Waals surface area contributed by atoms with E-state index in [4.69, 9.17) is 4.74 Å². The quantitative estimate of drug-likeness (QED) is 0.587. The van der Waals surface area contributed by atoms with Crippen LogP contribution in [0.4, 0.5) is 0 Å². The molecule has 26 heavy (non-hydrogen) atoms. The molecule has 0 spiro atoms.